The number of nitrogens with one attached hydrogen (secondary N) is 2. The second kappa shape index (κ2) is 8.39. The molecule has 3 amide bonds. The van der Waals surface area contributed by atoms with Crippen molar-refractivity contribution in [2.45, 2.75) is 64.5 Å². The Morgan fingerprint density at radius 2 is 1.96 bits per heavy atom. The van der Waals surface area contributed by atoms with Crippen molar-refractivity contribution in [2.24, 2.45) is 11.8 Å². The van der Waals surface area contributed by atoms with E-state index in [2.05, 4.69) is 29.4 Å². The first-order valence-electron chi connectivity index (χ1n) is 10.1. The van der Waals surface area contributed by atoms with Gasteiger partial charge in [0.05, 0.1) is 0 Å². The summed E-state index contributed by atoms with van der Waals surface area (Å²) >= 11 is 0. The Bertz CT molecular complexity index is 468. The fourth-order valence-corrected chi connectivity index (χ4v) is 4.56. The molecule has 2 N–H and O–H groups in total. The lowest BCUT2D eigenvalue weighted by atomic mass is 9.94. The molecule has 2 bridgehead atoms. The van der Waals surface area contributed by atoms with Gasteiger partial charge in [-0.3, -0.25) is 4.79 Å². The molecule has 0 aromatic carbocycles. The zero-order valence-corrected chi connectivity index (χ0v) is 15.8. The van der Waals surface area contributed by atoms with Gasteiger partial charge in [0.1, 0.15) is 0 Å². The van der Waals surface area contributed by atoms with Crippen LogP contribution in [0.2, 0.25) is 0 Å². The standard InChI is InChI=1S/C19H34N4O2/c1-14(2)11-21-19(25)22-9-3-4-15(13-22)10-18(24)23-16-5-6-17(23)12-20-8-7-16/h14-17,20H,3-13H2,1-2H3,(H,21,25). The van der Waals surface area contributed by atoms with Crippen LogP contribution in [-0.4, -0.2) is 66.5 Å². The average Bonchev–Trinajstić information content (AvgIpc) is 2.85. The quantitative estimate of drug-likeness (QED) is 0.813. The number of rotatable bonds is 4. The molecule has 0 spiro atoms. The molecule has 0 aliphatic carbocycles. The van der Waals surface area contributed by atoms with E-state index in [1.165, 1.54) is 0 Å². The third-order valence-electron chi connectivity index (χ3n) is 5.87. The molecule has 142 valence electrons. The maximum Gasteiger partial charge on any atom is 0.317 e. The summed E-state index contributed by atoms with van der Waals surface area (Å²) in [5.41, 5.74) is 0. The van der Waals surface area contributed by atoms with Crippen molar-refractivity contribution in [3.8, 4) is 0 Å². The van der Waals surface area contributed by atoms with Gasteiger partial charge >= 0.3 is 6.03 Å². The number of hydrogen-bond acceptors (Lipinski definition) is 3. The van der Waals surface area contributed by atoms with Crippen molar-refractivity contribution in [3.63, 3.8) is 0 Å². The van der Waals surface area contributed by atoms with Crippen LogP contribution < -0.4 is 10.6 Å². The minimum absolute atomic E-state index is 0.0323. The Kier molecular flexibility index (Phi) is 6.20. The third kappa shape index (κ3) is 4.66. The van der Waals surface area contributed by atoms with Crippen LogP contribution in [-0.2, 0) is 4.79 Å². The summed E-state index contributed by atoms with van der Waals surface area (Å²) in [6.07, 6.45) is 6.03. The first-order chi connectivity index (χ1) is 12.0. The molecule has 6 heteroatoms. The van der Waals surface area contributed by atoms with E-state index in [-0.39, 0.29) is 6.03 Å². The van der Waals surface area contributed by atoms with Crippen LogP contribution in [0, 0.1) is 11.8 Å². The van der Waals surface area contributed by atoms with E-state index in [9.17, 15) is 9.59 Å². The minimum Gasteiger partial charge on any atom is -0.338 e. The summed E-state index contributed by atoms with van der Waals surface area (Å²) in [5.74, 6) is 1.07. The molecule has 3 aliphatic rings. The van der Waals surface area contributed by atoms with Crippen molar-refractivity contribution in [1.82, 2.24) is 20.4 Å². The van der Waals surface area contributed by atoms with Gasteiger partial charge in [-0.1, -0.05) is 13.8 Å². The fraction of sp³-hybridized carbons (Fsp3) is 0.895. The maximum absolute atomic E-state index is 13.0. The fourth-order valence-electron chi connectivity index (χ4n) is 4.56. The average molecular weight is 351 g/mol. The summed E-state index contributed by atoms with van der Waals surface area (Å²) in [7, 11) is 0. The Hall–Kier alpha value is -1.30. The van der Waals surface area contributed by atoms with Crippen molar-refractivity contribution >= 4 is 11.9 Å². The van der Waals surface area contributed by atoms with E-state index < -0.39 is 0 Å². The third-order valence-corrected chi connectivity index (χ3v) is 5.87. The number of hydrogen-bond donors (Lipinski definition) is 2. The van der Waals surface area contributed by atoms with Gasteiger partial charge in [0.25, 0.3) is 0 Å². The van der Waals surface area contributed by atoms with Gasteiger partial charge in [-0.25, -0.2) is 4.79 Å². The number of carbonyl (C=O) groups excluding carboxylic acids is 2. The summed E-state index contributed by atoms with van der Waals surface area (Å²) in [6, 6.07) is 0.848. The van der Waals surface area contributed by atoms with Crippen LogP contribution in [0.3, 0.4) is 0 Å². The van der Waals surface area contributed by atoms with Crippen LogP contribution in [0.1, 0.15) is 52.4 Å². The molecule has 0 aromatic heterocycles. The highest BCUT2D eigenvalue weighted by molar-refractivity contribution is 5.78. The highest BCUT2D eigenvalue weighted by Gasteiger charge is 2.38. The SMILES string of the molecule is CC(C)CNC(=O)N1CCCC(CC(=O)N2C3CCNCC2CC3)C1. The van der Waals surface area contributed by atoms with E-state index in [0.29, 0.717) is 42.8 Å². The molecule has 0 radical (unpaired) electrons. The van der Waals surface area contributed by atoms with Crippen LogP contribution in [0.15, 0.2) is 0 Å². The number of amides is 3. The predicted molar refractivity (Wildman–Crippen MR) is 98.3 cm³/mol. The number of urea groups is 1. The van der Waals surface area contributed by atoms with E-state index in [1.54, 1.807) is 0 Å². The molecule has 3 unspecified atom stereocenters. The first-order valence-corrected chi connectivity index (χ1v) is 10.1. The molecule has 3 aliphatic heterocycles. The molecule has 0 saturated carbocycles. The number of piperidine rings is 1. The van der Waals surface area contributed by atoms with Crippen molar-refractivity contribution in [3.05, 3.63) is 0 Å². The zero-order chi connectivity index (χ0) is 17.8. The molecule has 25 heavy (non-hydrogen) atoms. The Morgan fingerprint density at radius 3 is 2.76 bits per heavy atom. The monoisotopic (exact) mass is 350 g/mol. The molecule has 3 rings (SSSR count). The van der Waals surface area contributed by atoms with Crippen LogP contribution in [0.5, 0.6) is 0 Å². The van der Waals surface area contributed by atoms with Gasteiger partial charge < -0.3 is 20.4 Å². The number of carbonyl (C=O) groups is 2. The van der Waals surface area contributed by atoms with Crippen LogP contribution in [0.4, 0.5) is 4.79 Å². The van der Waals surface area contributed by atoms with Gasteiger partial charge in [0.15, 0.2) is 0 Å². The lowest BCUT2D eigenvalue weighted by Gasteiger charge is -2.35. The van der Waals surface area contributed by atoms with Gasteiger partial charge in [0.2, 0.25) is 5.91 Å². The summed E-state index contributed by atoms with van der Waals surface area (Å²) in [5, 5.41) is 6.46. The largest absolute Gasteiger partial charge is 0.338 e. The second-order valence-electron chi connectivity index (χ2n) is 8.42. The molecule has 0 aromatic rings. The molecule has 3 fully saturated rings. The predicted octanol–water partition coefficient (Wildman–Crippen LogP) is 1.81. The highest BCUT2D eigenvalue weighted by Crippen LogP contribution is 2.30. The zero-order valence-electron chi connectivity index (χ0n) is 15.8. The first kappa shape index (κ1) is 18.5. The minimum atomic E-state index is 0.0323. The molecule has 3 atom stereocenters. The van der Waals surface area contributed by atoms with E-state index >= 15 is 0 Å². The molecule has 6 nitrogen and oxygen atoms in total. The molecule has 3 heterocycles. The maximum atomic E-state index is 13.0. The molecular formula is C19H34N4O2. The van der Waals surface area contributed by atoms with Crippen LogP contribution in [0.25, 0.3) is 0 Å². The van der Waals surface area contributed by atoms with E-state index in [4.69, 9.17) is 0 Å². The van der Waals surface area contributed by atoms with Crippen molar-refractivity contribution < 1.29 is 9.59 Å². The van der Waals surface area contributed by atoms with E-state index in [0.717, 1.165) is 58.3 Å². The number of nitrogens with zero attached hydrogens (tertiary/aromatic N) is 2. The normalized spacial score (nSPS) is 29.6. The van der Waals surface area contributed by atoms with Gasteiger partial charge in [-0.2, -0.15) is 0 Å². The van der Waals surface area contributed by atoms with Gasteiger partial charge in [0, 0.05) is 44.7 Å². The second-order valence-corrected chi connectivity index (χ2v) is 8.42. The number of likely N-dealkylation sites (tertiary alicyclic amines) is 1. The number of fused-ring (bicyclic) bond motifs is 2. The Labute approximate surface area is 151 Å². The molecular weight excluding hydrogens is 316 g/mol. The molecule has 3 saturated heterocycles. The smallest absolute Gasteiger partial charge is 0.317 e. The summed E-state index contributed by atoms with van der Waals surface area (Å²) in [4.78, 5) is 29.3. The Morgan fingerprint density at radius 1 is 1.16 bits per heavy atom. The van der Waals surface area contributed by atoms with E-state index in [1.807, 2.05) is 4.90 Å². The van der Waals surface area contributed by atoms with Crippen molar-refractivity contribution in [2.75, 3.05) is 32.7 Å². The van der Waals surface area contributed by atoms with Crippen molar-refractivity contribution in [1.29, 1.82) is 0 Å². The topological polar surface area (TPSA) is 64.7 Å². The lowest BCUT2D eigenvalue weighted by molar-refractivity contribution is -0.135. The Balaban J connectivity index is 1.52. The van der Waals surface area contributed by atoms with Crippen LogP contribution >= 0.6 is 0 Å². The summed E-state index contributed by atoms with van der Waals surface area (Å²) in [6.45, 7) is 8.41. The van der Waals surface area contributed by atoms with Gasteiger partial charge in [-0.05, 0) is 50.5 Å². The highest BCUT2D eigenvalue weighted by atomic mass is 16.2. The summed E-state index contributed by atoms with van der Waals surface area (Å²) < 4.78 is 0. The lowest BCUT2D eigenvalue weighted by Crippen LogP contribution is -2.48. The van der Waals surface area contributed by atoms with Gasteiger partial charge in [-0.15, -0.1) is 0 Å².